The number of ether oxygens (including phenoxy) is 1. The number of hydrogen-bond acceptors (Lipinski definition) is 5. The van der Waals surface area contributed by atoms with Crippen LogP contribution in [0.4, 0.5) is 0 Å². The van der Waals surface area contributed by atoms with E-state index in [1.165, 1.54) is 244 Å². The number of carbonyl (C=O) groups excluding carboxylic acids is 2. The van der Waals surface area contributed by atoms with Crippen molar-refractivity contribution < 1.29 is 24.5 Å². The Morgan fingerprint density at radius 3 is 1.14 bits per heavy atom. The lowest BCUT2D eigenvalue weighted by Crippen LogP contribution is -2.45. The first-order chi connectivity index (χ1) is 34.0. The summed E-state index contributed by atoms with van der Waals surface area (Å²) in [6.07, 6.45) is 72.9. The van der Waals surface area contributed by atoms with Gasteiger partial charge in [0.25, 0.3) is 0 Å². The molecule has 0 heterocycles. The predicted molar refractivity (Wildman–Crippen MR) is 301 cm³/mol. The molecule has 0 fully saturated rings. The molecule has 0 spiro atoms. The maximum absolute atomic E-state index is 12.5. The third-order valence-corrected chi connectivity index (χ3v) is 14.2. The summed E-state index contributed by atoms with van der Waals surface area (Å²) in [5.74, 6) is -0.0431. The average Bonchev–Trinajstić information content (AvgIpc) is 3.35. The van der Waals surface area contributed by atoms with Crippen LogP contribution in [0.2, 0.25) is 0 Å². The molecule has 0 aromatic rings. The minimum absolute atomic E-state index is 0.00253. The normalized spacial score (nSPS) is 12.8. The van der Waals surface area contributed by atoms with E-state index in [1.807, 2.05) is 0 Å². The van der Waals surface area contributed by atoms with E-state index < -0.39 is 12.1 Å². The van der Waals surface area contributed by atoms with Gasteiger partial charge in [0.05, 0.1) is 25.4 Å². The fraction of sp³-hybridized carbons (Fsp3) is 0.873. The van der Waals surface area contributed by atoms with Crippen molar-refractivity contribution in [1.29, 1.82) is 0 Å². The molecule has 3 N–H and O–H groups in total. The Morgan fingerprint density at radius 2 is 0.725 bits per heavy atom. The molecule has 2 atom stereocenters. The maximum Gasteiger partial charge on any atom is 0.305 e. The topological polar surface area (TPSA) is 95.9 Å². The van der Waals surface area contributed by atoms with Crippen LogP contribution in [-0.2, 0) is 14.3 Å². The molecule has 0 radical (unpaired) electrons. The van der Waals surface area contributed by atoms with Gasteiger partial charge in [0, 0.05) is 12.8 Å². The monoisotopic (exact) mass is 970 g/mol. The maximum atomic E-state index is 12.5. The van der Waals surface area contributed by atoms with Crippen LogP contribution in [0.15, 0.2) is 36.5 Å². The fourth-order valence-electron chi connectivity index (χ4n) is 9.43. The van der Waals surface area contributed by atoms with Gasteiger partial charge in [-0.2, -0.15) is 0 Å². The van der Waals surface area contributed by atoms with Crippen LogP contribution in [0.5, 0.6) is 0 Å². The zero-order chi connectivity index (χ0) is 50.0. The van der Waals surface area contributed by atoms with Crippen LogP contribution >= 0.6 is 0 Å². The molecule has 0 aromatic carbocycles. The summed E-state index contributed by atoms with van der Waals surface area (Å²) >= 11 is 0. The quantitative estimate of drug-likeness (QED) is 0.0321. The molecule has 1 amide bonds. The van der Waals surface area contributed by atoms with Crippen molar-refractivity contribution in [2.45, 2.75) is 341 Å². The number of esters is 1. The molecule has 406 valence electrons. The SMILES string of the molecule is CCCCC/C=C\C/C=C\CCCCCCCC(=O)OCCCCCCCCCCCCCC/C=C\CCCCCCCCCC(=O)NC(CO)C(O)CCCCCCCCCCCCCCCC. The highest BCUT2D eigenvalue weighted by molar-refractivity contribution is 5.76. The highest BCUT2D eigenvalue weighted by atomic mass is 16.5. The van der Waals surface area contributed by atoms with Gasteiger partial charge in [-0.05, 0) is 83.5 Å². The molecule has 0 aliphatic rings. The van der Waals surface area contributed by atoms with E-state index in [0.717, 1.165) is 51.4 Å². The van der Waals surface area contributed by atoms with E-state index in [0.29, 0.717) is 25.9 Å². The van der Waals surface area contributed by atoms with Gasteiger partial charge < -0.3 is 20.3 Å². The van der Waals surface area contributed by atoms with E-state index in [1.54, 1.807) is 0 Å². The van der Waals surface area contributed by atoms with Crippen LogP contribution in [0.1, 0.15) is 328 Å². The number of carbonyl (C=O) groups is 2. The Balaban J connectivity index is 3.41. The zero-order valence-electron chi connectivity index (χ0n) is 46.3. The van der Waals surface area contributed by atoms with E-state index in [-0.39, 0.29) is 18.5 Å². The number of aliphatic hydroxyl groups is 2. The Kier molecular flexibility index (Phi) is 57.0. The van der Waals surface area contributed by atoms with Crippen LogP contribution in [-0.4, -0.2) is 47.4 Å². The molecule has 0 aliphatic heterocycles. The van der Waals surface area contributed by atoms with Crippen molar-refractivity contribution in [3.63, 3.8) is 0 Å². The van der Waals surface area contributed by atoms with Crippen molar-refractivity contribution >= 4 is 11.9 Å². The van der Waals surface area contributed by atoms with Crippen LogP contribution in [0.3, 0.4) is 0 Å². The molecule has 69 heavy (non-hydrogen) atoms. The summed E-state index contributed by atoms with van der Waals surface area (Å²) in [5.41, 5.74) is 0. The van der Waals surface area contributed by atoms with Crippen LogP contribution < -0.4 is 5.32 Å². The Bertz CT molecular complexity index is 1120. The number of aliphatic hydroxyl groups excluding tert-OH is 2. The van der Waals surface area contributed by atoms with Gasteiger partial charge in [-0.15, -0.1) is 0 Å². The molecule has 0 saturated carbocycles. The molecule has 0 saturated heterocycles. The molecule has 2 unspecified atom stereocenters. The molecule has 0 aromatic heterocycles. The molecule has 0 aliphatic carbocycles. The highest BCUT2D eigenvalue weighted by Gasteiger charge is 2.20. The summed E-state index contributed by atoms with van der Waals surface area (Å²) < 4.78 is 5.48. The number of unbranched alkanes of at least 4 members (excludes halogenated alkanes) is 40. The van der Waals surface area contributed by atoms with Gasteiger partial charge in [0.1, 0.15) is 0 Å². The zero-order valence-corrected chi connectivity index (χ0v) is 46.3. The molecular weight excluding hydrogens is 851 g/mol. The highest BCUT2D eigenvalue weighted by Crippen LogP contribution is 2.17. The Morgan fingerprint density at radius 1 is 0.406 bits per heavy atom. The van der Waals surface area contributed by atoms with E-state index in [2.05, 4.69) is 55.6 Å². The number of amides is 1. The van der Waals surface area contributed by atoms with Gasteiger partial charge >= 0.3 is 5.97 Å². The number of allylic oxidation sites excluding steroid dienone is 6. The van der Waals surface area contributed by atoms with Gasteiger partial charge in [0.15, 0.2) is 0 Å². The first kappa shape index (κ1) is 67.1. The predicted octanol–water partition coefficient (Wildman–Crippen LogP) is 19.2. The van der Waals surface area contributed by atoms with Gasteiger partial charge in [-0.3, -0.25) is 9.59 Å². The number of hydrogen-bond donors (Lipinski definition) is 3. The summed E-state index contributed by atoms with van der Waals surface area (Å²) in [4.78, 5) is 24.5. The second-order valence-electron chi connectivity index (χ2n) is 21.0. The van der Waals surface area contributed by atoms with Crippen LogP contribution in [0.25, 0.3) is 0 Å². The van der Waals surface area contributed by atoms with E-state index >= 15 is 0 Å². The summed E-state index contributed by atoms with van der Waals surface area (Å²) in [5, 5.41) is 23.3. The van der Waals surface area contributed by atoms with E-state index in [9.17, 15) is 19.8 Å². The third-order valence-electron chi connectivity index (χ3n) is 14.2. The second kappa shape index (κ2) is 58.6. The number of nitrogens with one attached hydrogen (secondary N) is 1. The van der Waals surface area contributed by atoms with Crippen molar-refractivity contribution in [3.8, 4) is 0 Å². The summed E-state index contributed by atoms with van der Waals surface area (Å²) in [6, 6.07) is -0.546. The molecule has 6 heteroatoms. The van der Waals surface area contributed by atoms with Gasteiger partial charge in [0.2, 0.25) is 5.91 Å². The van der Waals surface area contributed by atoms with Gasteiger partial charge in [-0.1, -0.05) is 269 Å². The smallest absolute Gasteiger partial charge is 0.305 e. The Hall–Kier alpha value is -1.92. The molecule has 6 nitrogen and oxygen atoms in total. The van der Waals surface area contributed by atoms with Gasteiger partial charge in [-0.25, -0.2) is 0 Å². The third kappa shape index (κ3) is 55.2. The van der Waals surface area contributed by atoms with E-state index in [4.69, 9.17) is 4.74 Å². The summed E-state index contributed by atoms with van der Waals surface area (Å²) in [6.45, 7) is 4.93. The van der Waals surface area contributed by atoms with Crippen LogP contribution in [0, 0.1) is 0 Å². The standard InChI is InChI=1S/C63H119NO5/c1-3-5-7-9-11-13-15-17-28-33-37-41-45-49-53-57-63(68)69-58-54-50-46-42-38-34-30-27-25-23-21-19-20-22-24-26-29-32-36-40-44-48-52-56-62(67)64-60(59-65)61(66)55-51-47-43-39-35-31-18-16-14-12-10-8-6-4-2/h11,13,17,22,24,28,60-61,65-66H,3-10,12,14-16,18-21,23,25-27,29-59H2,1-2H3,(H,64,67)/b13-11-,24-22-,28-17-. The lowest BCUT2D eigenvalue weighted by atomic mass is 10.0. The van der Waals surface area contributed by atoms with Crippen molar-refractivity contribution in [2.75, 3.05) is 13.2 Å². The average molecular weight is 971 g/mol. The van der Waals surface area contributed by atoms with Crippen molar-refractivity contribution in [1.82, 2.24) is 5.32 Å². The minimum Gasteiger partial charge on any atom is -0.466 e. The van der Waals surface area contributed by atoms with Crippen molar-refractivity contribution in [2.24, 2.45) is 0 Å². The Labute approximate surface area is 430 Å². The van der Waals surface area contributed by atoms with Crippen molar-refractivity contribution in [3.05, 3.63) is 36.5 Å². The number of rotatable bonds is 57. The molecular formula is C63H119NO5. The molecule has 0 rings (SSSR count). The first-order valence-electron chi connectivity index (χ1n) is 30.7. The largest absolute Gasteiger partial charge is 0.466 e. The summed E-state index contributed by atoms with van der Waals surface area (Å²) in [7, 11) is 0. The fourth-order valence-corrected chi connectivity index (χ4v) is 9.43. The minimum atomic E-state index is -0.668. The second-order valence-corrected chi connectivity index (χ2v) is 21.0. The first-order valence-corrected chi connectivity index (χ1v) is 30.7. The molecule has 0 bridgehead atoms. The lowest BCUT2D eigenvalue weighted by molar-refractivity contribution is -0.143. The lowest BCUT2D eigenvalue weighted by Gasteiger charge is -2.22.